The smallest absolute Gasteiger partial charge is 0.205 e. The van der Waals surface area contributed by atoms with Crippen molar-refractivity contribution in [2.24, 2.45) is 0 Å². The summed E-state index contributed by atoms with van der Waals surface area (Å²) in [6.45, 7) is 0. The van der Waals surface area contributed by atoms with Gasteiger partial charge in [-0.2, -0.15) is 0 Å². The lowest BCUT2D eigenvalue weighted by Crippen LogP contribution is -2.04. The van der Waals surface area contributed by atoms with Crippen molar-refractivity contribution in [2.45, 2.75) is 6.43 Å². The Labute approximate surface area is 118 Å². The average Bonchev–Trinajstić information content (AvgIpc) is 2.43. The lowest BCUT2D eigenvalue weighted by Gasteiger charge is -2.10. The summed E-state index contributed by atoms with van der Waals surface area (Å²) >= 11 is 5.50. The van der Waals surface area contributed by atoms with E-state index in [1.165, 1.54) is 0 Å². The van der Waals surface area contributed by atoms with Crippen molar-refractivity contribution in [3.63, 3.8) is 0 Å². The fourth-order valence-electron chi connectivity index (χ4n) is 1.72. The Morgan fingerprint density at radius 3 is 1.67 bits per heavy atom. The molecule has 8 heteroatoms. The summed E-state index contributed by atoms with van der Waals surface area (Å²) in [5.41, 5.74) is -2.35. The maximum atomic E-state index is 13.6. The number of rotatable bonds is 2. The first-order chi connectivity index (χ1) is 9.75. The van der Waals surface area contributed by atoms with Crippen molar-refractivity contribution < 1.29 is 30.7 Å². The van der Waals surface area contributed by atoms with E-state index < -0.39 is 57.2 Å². The number of hydrogen-bond acceptors (Lipinski definition) is 0. The van der Waals surface area contributed by atoms with Crippen LogP contribution in [0, 0.1) is 29.1 Å². The summed E-state index contributed by atoms with van der Waals surface area (Å²) in [4.78, 5) is 0. The van der Waals surface area contributed by atoms with E-state index in [1.54, 1.807) is 0 Å². The Balaban J connectivity index is 2.71. The highest BCUT2D eigenvalue weighted by Crippen LogP contribution is 2.35. The molecule has 0 nitrogen and oxygen atoms in total. The second-order valence-electron chi connectivity index (χ2n) is 3.98. The Morgan fingerprint density at radius 1 is 0.762 bits per heavy atom. The molecule has 0 fully saturated rings. The molecular formula is C13H4ClF7. The number of benzene rings is 2. The van der Waals surface area contributed by atoms with E-state index in [2.05, 4.69) is 0 Å². The molecule has 0 aliphatic rings. The first kappa shape index (κ1) is 15.6. The second kappa shape index (κ2) is 5.55. The molecule has 2 aromatic carbocycles. The van der Waals surface area contributed by atoms with Crippen molar-refractivity contribution in [2.75, 3.05) is 0 Å². The van der Waals surface area contributed by atoms with Crippen LogP contribution in [0.1, 0.15) is 12.0 Å². The zero-order valence-corrected chi connectivity index (χ0v) is 10.6. The summed E-state index contributed by atoms with van der Waals surface area (Å²) in [6.07, 6.45) is -2.94. The van der Waals surface area contributed by atoms with E-state index in [9.17, 15) is 30.7 Å². The maximum Gasteiger partial charge on any atom is 0.265 e. The van der Waals surface area contributed by atoms with Gasteiger partial charge in [0.2, 0.25) is 5.82 Å². The molecule has 2 rings (SSSR count). The van der Waals surface area contributed by atoms with Crippen LogP contribution in [0.15, 0.2) is 18.2 Å². The van der Waals surface area contributed by atoms with E-state index in [-0.39, 0.29) is 0 Å². The Bertz CT molecular complexity index is 683. The average molecular weight is 329 g/mol. The molecule has 0 spiro atoms. The number of hydrogen-bond donors (Lipinski definition) is 0. The summed E-state index contributed by atoms with van der Waals surface area (Å²) in [5, 5.41) is -0.550. The molecular weight excluding hydrogens is 325 g/mol. The minimum atomic E-state index is -2.94. The monoisotopic (exact) mass is 328 g/mol. The molecule has 0 heterocycles. The van der Waals surface area contributed by atoms with Crippen molar-refractivity contribution in [3.05, 3.63) is 57.9 Å². The maximum absolute atomic E-state index is 13.6. The normalized spacial score (nSPS) is 11.3. The zero-order chi connectivity index (χ0) is 15.9. The minimum absolute atomic E-state index is 0.503. The van der Waals surface area contributed by atoms with Gasteiger partial charge in [-0.1, -0.05) is 23.7 Å². The van der Waals surface area contributed by atoms with Gasteiger partial charge in [-0.15, -0.1) is 0 Å². The molecule has 0 radical (unpaired) electrons. The molecule has 0 saturated carbocycles. The summed E-state index contributed by atoms with van der Waals surface area (Å²) in [5.74, 6) is -10.7. The molecule has 2 aromatic rings. The van der Waals surface area contributed by atoms with E-state index in [4.69, 9.17) is 11.6 Å². The first-order valence-electron chi connectivity index (χ1n) is 5.35. The molecule has 0 bridgehead atoms. The zero-order valence-electron chi connectivity index (χ0n) is 9.83. The fourth-order valence-corrected chi connectivity index (χ4v) is 1.98. The quantitative estimate of drug-likeness (QED) is 0.380. The number of halogens is 8. The van der Waals surface area contributed by atoms with Crippen molar-refractivity contribution in [1.29, 1.82) is 0 Å². The lowest BCUT2D eigenvalue weighted by molar-refractivity contribution is 0.151. The van der Waals surface area contributed by atoms with Crippen LogP contribution in [0.25, 0.3) is 11.1 Å². The van der Waals surface area contributed by atoms with E-state index in [0.717, 1.165) is 12.1 Å². The summed E-state index contributed by atoms with van der Waals surface area (Å²) < 4.78 is 91.2. The Kier molecular flexibility index (Phi) is 4.13. The minimum Gasteiger partial charge on any atom is -0.205 e. The van der Waals surface area contributed by atoms with Gasteiger partial charge < -0.3 is 0 Å². The third-order valence-electron chi connectivity index (χ3n) is 2.73. The number of alkyl halides is 2. The third-order valence-corrected chi connectivity index (χ3v) is 3.06. The van der Waals surface area contributed by atoms with Gasteiger partial charge in [0.1, 0.15) is 0 Å². The SMILES string of the molecule is Fc1c(F)c(F)c(-c2ccc(C(F)F)c(Cl)c2)c(F)c1F. The lowest BCUT2D eigenvalue weighted by atomic mass is 10.0. The molecule has 0 aliphatic heterocycles. The van der Waals surface area contributed by atoms with Gasteiger partial charge in [-0.25, -0.2) is 30.7 Å². The van der Waals surface area contributed by atoms with Crippen LogP contribution < -0.4 is 0 Å². The van der Waals surface area contributed by atoms with Gasteiger partial charge in [-0.3, -0.25) is 0 Å². The van der Waals surface area contributed by atoms with Gasteiger partial charge in [0.25, 0.3) is 6.43 Å². The summed E-state index contributed by atoms with van der Waals surface area (Å²) in [7, 11) is 0. The highest BCUT2D eigenvalue weighted by atomic mass is 35.5. The van der Waals surface area contributed by atoms with Gasteiger partial charge in [0.05, 0.1) is 10.6 Å². The summed E-state index contributed by atoms with van der Waals surface area (Å²) in [6, 6.07) is 2.26. The van der Waals surface area contributed by atoms with Gasteiger partial charge >= 0.3 is 0 Å². The van der Waals surface area contributed by atoms with E-state index in [1.807, 2.05) is 0 Å². The van der Waals surface area contributed by atoms with Crippen LogP contribution in [-0.2, 0) is 0 Å². The van der Waals surface area contributed by atoms with Gasteiger partial charge in [0.15, 0.2) is 23.3 Å². The largest absolute Gasteiger partial charge is 0.265 e. The molecule has 0 amide bonds. The molecule has 21 heavy (non-hydrogen) atoms. The highest BCUT2D eigenvalue weighted by molar-refractivity contribution is 6.31. The highest BCUT2D eigenvalue weighted by Gasteiger charge is 2.27. The van der Waals surface area contributed by atoms with Gasteiger partial charge in [-0.05, 0) is 11.6 Å². The van der Waals surface area contributed by atoms with Crippen LogP contribution in [-0.4, -0.2) is 0 Å². The molecule has 0 unspecified atom stereocenters. The standard InChI is InChI=1S/C13H4ClF7/c14-6-3-4(1-2-5(6)13(20)21)7-8(15)10(17)12(19)11(18)9(7)16/h1-3,13H. The topological polar surface area (TPSA) is 0 Å². The van der Waals surface area contributed by atoms with E-state index >= 15 is 0 Å². The predicted octanol–water partition coefficient (Wildman–Crippen LogP) is 5.64. The molecule has 0 aliphatic carbocycles. The van der Waals surface area contributed by atoms with Gasteiger partial charge in [0, 0.05) is 5.56 Å². The first-order valence-corrected chi connectivity index (χ1v) is 5.73. The van der Waals surface area contributed by atoms with Crippen molar-refractivity contribution in [1.82, 2.24) is 0 Å². The molecule has 0 aromatic heterocycles. The molecule has 0 N–H and O–H groups in total. The second-order valence-corrected chi connectivity index (χ2v) is 4.39. The molecule has 112 valence electrons. The molecule has 0 saturated heterocycles. The van der Waals surface area contributed by atoms with Crippen LogP contribution in [0.2, 0.25) is 5.02 Å². The Morgan fingerprint density at radius 2 is 1.24 bits per heavy atom. The van der Waals surface area contributed by atoms with E-state index in [0.29, 0.717) is 6.07 Å². The Hall–Kier alpha value is -1.76. The van der Waals surface area contributed by atoms with Crippen LogP contribution in [0.5, 0.6) is 0 Å². The van der Waals surface area contributed by atoms with Crippen LogP contribution >= 0.6 is 11.6 Å². The predicted molar refractivity (Wildman–Crippen MR) is 61.6 cm³/mol. The van der Waals surface area contributed by atoms with Crippen molar-refractivity contribution in [3.8, 4) is 11.1 Å². The third kappa shape index (κ3) is 2.57. The fraction of sp³-hybridized carbons (Fsp3) is 0.0769. The molecule has 0 atom stereocenters. The van der Waals surface area contributed by atoms with Crippen molar-refractivity contribution >= 4 is 11.6 Å². The van der Waals surface area contributed by atoms with Crippen LogP contribution in [0.4, 0.5) is 30.7 Å². The van der Waals surface area contributed by atoms with Crippen LogP contribution in [0.3, 0.4) is 0 Å².